The van der Waals surface area contributed by atoms with Gasteiger partial charge in [-0.15, -0.1) is 0 Å². The number of hydrogen-bond acceptors (Lipinski definition) is 6. The molecule has 0 aromatic carbocycles. The van der Waals surface area contributed by atoms with E-state index in [4.69, 9.17) is 23.3 Å². The number of nitrogens with zero attached hydrogens (tertiary/aromatic N) is 1. The van der Waals surface area contributed by atoms with Crippen molar-refractivity contribution in [3.8, 4) is 6.26 Å². The van der Waals surface area contributed by atoms with Crippen molar-refractivity contribution >= 4 is 14.6 Å². The van der Waals surface area contributed by atoms with Crippen LogP contribution in [-0.2, 0) is 22.8 Å². The van der Waals surface area contributed by atoms with Crippen LogP contribution in [0, 0.1) is 28.3 Å². The summed E-state index contributed by atoms with van der Waals surface area (Å²) in [5, 5.41) is 8.71. The summed E-state index contributed by atoms with van der Waals surface area (Å²) in [7, 11) is 1.99. The summed E-state index contributed by atoms with van der Waals surface area (Å²) in [6.45, 7) is 7.03. The van der Waals surface area contributed by atoms with E-state index in [1.54, 1.807) is 27.6 Å². The van der Waals surface area contributed by atoms with Crippen LogP contribution in [0.1, 0.15) is 52.9 Å². The summed E-state index contributed by atoms with van der Waals surface area (Å²) < 4.78 is 21.2. The summed E-state index contributed by atoms with van der Waals surface area (Å²) in [5.74, 6) is 0.529. The zero-order chi connectivity index (χ0) is 19.1. The highest BCUT2D eigenvalue weighted by atomic mass is 28.4. The molecule has 0 spiro atoms. The van der Waals surface area contributed by atoms with Crippen LogP contribution in [0.15, 0.2) is 0 Å². The number of carbonyl (C=O) groups excluding carboxylic acids is 1. The van der Waals surface area contributed by atoms with Gasteiger partial charge in [-0.25, -0.2) is 0 Å². The van der Waals surface area contributed by atoms with E-state index in [1.165, 1.54) is 0 Å². The molecule has 0 radical (unpaired) electrons. The highest BCUT2D eigenvalue weighted by Crippen LogP contribution is 2.49. The molecule has 1 fully saturated rings. The second-order valence-corrected chi connectivity index (χ2v) is 11.4. The van der Waals surface area contributed by atoms with Crippen LogP contribution in [-0.4, -0.2) is 42.5 Å². The summed E-state index contributed by atoms with van der Waals surface area (Å²) in [5.41, 5.74) is 0.0768. The Morgan fingerprint density at radius 2 is 1.76 bits per heavy atom. The minimum Gasteiger partial charge on any atom is -0.427 e. The smallest absolute Gasteiger partial charge is 0.427 e. The van der Waals surface area contributed by atoms with Crippen molar-refractivity contribution in [2.24, 2.45) is 16.7 Å². The first-order valence-electron chi connectivity index (χ1n) is 8.81. The van der Waals surface area contributed by atoms with Gasteiger partial charge >= 0.3 is 8.80 Å². The SMILES string of the molecule is CO[Si](CCC(=O)CC1CC(C)(C)CC(C)(COC#N)C1)(OC)OC. The molecule has 0 saturated heterocycles. The van der Waals surface area contributed by atoms with E-state index in [1.807, 2.05) is 0 Å². The zero-order valence-electron chi connectivity index (χ0n) is 16.5. The molecule has 0 N–H and O–H groups in total. The largest absolute Gasteiger partial charge is 0.500 e. The lowest BCUT2D eigenvalue weighted by atomic mass is 9.60. The number of nitriles is 1. The lowest BCUT2D eigenvalue weighted by molar-refractivity contribution is -0.121. The van der Waals surface area contributed by atoms with Gasteiger partial charge in [-0.1, -0.05) is 20.8 Å². The fourth-order valence-electron chi connectivity index (χ4n) is 4.58. The van der Waals surface area contributed by atoms with E-state index in [0.29, 0.717) is 31.4 Å². The minimum absolute atomic E-state index is 0.0630. The maximum absolute atomic E-state index is 12.5. The number of ketones is 1. The lowest BCUT2D eigenvalue weighted by Crippen LogP contribution is -2.43. The Morgan fingerprint density at radius 1 is 1.16 bits per heavy atom. The third-order valence-corrected chi connectivity index (χ3v) is 7.90. The Hall–Kier alpha value is -0.943. The number of Topliss-reactive ketones (excluding diaryl/α,β-unsaturated/α-hetero) is 1. The molecule has 1 saturated carbocycles. The van der Waals surface area contributed by atoms with Gasteiger partial charge in [0.2, 0.25) is 0 Å². The molecule has 6 nitrogen and oxygen atoms in total. The summed E-state index contributed by atoms with van der Waals surface area (Å²) in [4.78, 5) is 12.5. The third-order valence-electron chi connectivity index (χ3n) is 5.17. The molecule has 0 aliphatic heterocycles. The molecular weight excluding hydrogens is 338 g/mol. The molecule has 0 aromatic heterocycles. The van der Waals surface area contributed by atoms with Crippen LogP contribution < -0.4 is 0 Å². The van der Waals surface area contributed by atoms with E-state index in [9.17, 15) is 4.79 Å². The van der Waals surface area contributed by atoms with Crippen molar-refractivity contribution in [2.45, 2.75) is 58.9 Å². The lowest BCUT2D eigenvalue weighted by Gasteiger charge is -2.46. The number of rotatable bonds is 10. The normalized spacial score (nSPS) is 26.0. The van der Waals surface area contributed by atoms with Crippen molar-refractivity contribution in [3.05, 3.63) is 0 Å². The molecule has 1 rings (SSSR count). The highest BCUT2D eigenvalue weighted by Gasteiger charge is 2.43. The molecule has 25 heavy (non-hydrogen) atoms. The van der Waals surface area contributed by atoms with Gasteiger partial charge in [0.15, 0.2) is 0 Å². The number of hydrogen-bond donors (Lipinski definition) is 0. The molecule has 1 aliphatic carbocycles. The van der Waals surface area contributed by atoms with Gasteiger partial charge in [-0.2, -0.15) is 5.26 Å². The Morgan fingerprint density at radius 3 is 2.28 bits per heavy atom. The molecule has 0 amide bonds. The first-order chi connectivity index (χ1) is 11.6. The Bertz CT molecular complexity index is 478. The summed E-state index contributed by atoms with van der Waals surface area (Å²) >= 11 is 0. The fraction of sp³-hybridized carbons (Fsp3) is 0.889. The second-order valence-electron chi connectivity index (χ2n) is 8.34. The van der Waals surface area contributed by atoms with Crippen molar-refractivity contribution in [1.82, 2.24) is 0 Å². The van der Waals surface area contributed by atoms with Crippen LogP contribution in [0.25, 0.3) is 0 Å². The molecule has 0 heterocycles. The van der Waals surface area contributed by atoms with Crippen LogP contribution in [0.5, 0.6) is 0 Å². The molecular formula is C18H33NO5Si. The van der Waals surface area contributed by atoms with Crippen LogP contribution in [0.4, 0.5) is 0 Å². The predicted molar refractivity (Wildman–Crippen MR) is 96.6 cm³/mol. The molecule has 2 atom stereocenters. The summed E-state index contributed by atoms with van der Waals surface area (Å²) in [6, 6.07) is 0.500. The average molecular weight is 372 g/mol. The third kappa shape index (κ3) is 6.70. The van der Waals surface area contributed by atoms with Gasteiger partial charge in [0.1, 0.15) is 12.4 Å². The minimum atomic E-state index is -2.70. The molecule has 0 bridgehead atoms. The van der Waals surface area contributed by atoms with Crippen molar-refractivity contribution in [3.63, 3.8) is 0 Å². The maximum Gasteiger partial charge on any atom is 0.500 e. The van der Waals surface area contributed by atoms with E-state index in [2.05, 4.69) is 20.8 Å². The second kappa shape index (κ2) is 9.13. The van der Waals surface area contributed by atoms with Gasteiger partial charge < -0.3 is 18.0 Å². The molecule has 0 aromatic rings. The maximum atomic E-state index is 12.5. The Balaban J connectivity index is 2.65. The Labute approximate surface area is 153 Å². The molecule has 2 unspecified atom stereocenters. The van der Waals surface area contributed by atoms with E-state index < -0.39 is 8.80 Å². The quantitative estimate of drug-likeness (QED) is 0.432. The topological polar surface area (TPSA) is 77.8 Å². The average Bonchev–Trinajstić information content (AvgIpc) is 2.53. The predicted octanol–water partition coefficient (Wildman–Crippen LogP) is 3.54. The standard InChI is InChI=1S/C18H33NO5Si/c1-17(2)10-15(11-18(3,12-17)13-24-14-19)9-16(20)7-8-25(21-4,22-5)23-6/h15H,7-13H2,1-6H3. The number of ether oxygens (including phenoxy) is 1. The van der Waals surface area contributed by atoms with E-state index >= 15 is 0 Å². The van der Waals surface area contributed by atoms with Crippen molar-refractivity contribution in [1.29, 1.82) is 5.26 Å². The van der Waals surface area contributed by atoms with Crippen molar-refractivity contribution in [2.75, 3.05) is 27.9 Å². The monoisotopic (exact) mass is 371 g/mol. The molecule has 1 aliphatic rings. The first-order valence-corrected chi connectivity index (χ1v) is 10.7. The van der Waals surface area contributed by atoms with Crippen LogP contribution in [0.3, 0.4) is 0 Å². The van der Waals surface area contributed by atoms with E-state index in [-0.39, 0.29) is 16.6 Å². The van der Waals surface area contributed by atoms with Crippen LogP contribution in [0.2, 0.25) is 6.04 Å². The molecule has 144 valence electrons. The van der Waals surface area contributed by atoms with Crippen molar-refractivity contribution < 1.29 is 22.8 Å². The van der Waals surface area contributed by atoms with Gasteiger partial charge in [0.25, 0.3) is 6.26 Å². The zero-order valence-corrected chi connectivity index (χ0v) is 17.5. The Kier molecular flexibility index (Phi) is 8.07. The van der Waals surface area contributed by atoms with Crippen LogP contribution >= 0.6 is 0 Å². The van der Waals surface area contributed by atoms with E-state index in [0.717, 1.165) is 19.3 Å². The molecule has 7 heteroatoms. The number of carbonyl (C=O) groups is 1. The van der Waals surface area contributed by atoms with Gasteiger partial charge in [-0.3, -0.25) is 4.79 Å². The van der Waals surface area contributed by atoms with Gasteiger partial charge in [0.05, 0.1) is 0 Å². The first kappa shape index (κ1) is 22.1. The van der Waals surface area contributed by atoms with Gasteiger partial charge in [0, 0.05) is 45.6 Å². The fourth-order valence-corrected chi connectivity index (χ4v) is 6.28. The highest BCUT2D eigenvalue weighted by molar-refractivity contribution is 6.60. The van der Waals surface area contributed by atoms with Gasteiger partial charge in [-0.05, 0) is 30.6 Å². The summed E-state index contributed by atoms with van der Waals surface area (Å²) in [6.07, 6.45) is 5.65.